The fraction of sp³-hybridized carbons (Fsp3) is 0.409. The molecule has 1 N–H and O–H groups in total. The quantitative estimate of drug-likeness (QED) is 0.759. The van der Waals surface area contributed by atoms with Gasteiger partial charge < -0.3 is 14.8 Å². The number of amides is 1. The number of nitrogens with one attached hydrogen (secondary N) is 1. The van der Waals surface area contributed by atoms with Crippen molar-refractivity contribution in [2.24, 2.45) is 0 Å². The van der Waals surface area contributed by atoms with Gasteiger partial charge in [-0.1, -0.05) is 23.8 Å². The molecule has 162 valence electrons. The predicted octanol–water partition coefficient (Wildman–Crippen LogP) is 2.82. The van der Waals surface area contributed by atoms with Crippen molar-refractivity contribution in [3.63, 3.8) is 0 Å². The van der Waals surface area contributed by atoms with Gasteiger partial charge in [-0.2, -0.15) is 4.31 Å². The summed E-state index contributed by atoms with van der Waals surface area (Å²) in [4.78, 5) is 12.7. The molecule has 0 aromatic heterocycles. The molecule has 30 heavy (non-hydrogen) atoms. The molecular formula is C22H28N2O5S. The van der Waals surface area contributed by atoms with E-state index in [9.17, 15) is 13.2 Å². The van der Waals surface area contributed by atoms with Crippen LogP contribution in [0.4, 0.5) is 5.69 Å². The number of rotatable bonds is 6. The summed E-state index contributed by atoms with van der Waals surface area (Å²) in [6, 6.07) is 8.87. The third kappa shape index (κ3) is 4.83. The Morgan fingerprint density at radius 3 is 2.33 bits per heavy atom. The Bertz CT molecular complexity index is 1020. The molecule has 0 atom stereocenters. The van der Waals surface area contributed by atoms with Crippen molar-refractivity contribution < 1.29 is 22.7 Å². The Labute approximate surface area is 178 Å². The molecule has 1 heterocycles. The average molecular weight is 433 g/mol. The number of anilines is 1. The van der Waals surface area contributed by atoms with Gasteiger partial charge in [-0.05, 0) is 49.6 Å². The number of benzene rings is 2. The number of methoxy groups -OCH3 is 1. The van der Waals surface area contributed by atoms with Crippen LogP contribution in [-0.2, 0) is 26.0 Å². The van der Waals surface area contributed by atoms with Crippen molar-refractivity contribution in [3.05, 3.63) is 52.6 Å². The van der Waals surface area contributed by atoms with Crippen LogP contribution in [0, 0.1) is 20.8 Å². The number of sulfonamides is 1. The molecular weight excluding hydrogens is 404 g/mol. The van der Waals surface area contributed by atoms with Gasteiger partial charge in [0.2, 0.25) is 15.9 Å². The number of carbonyl (C=O) groups is 1. The lowest BCUT2D eigenvalue weighted by Gasteiger charge is -2.26. The highest BCUT2D eigenvalue weighted by atomic mass is 32.2. The molecule has 0 unspecified atom stereocenters. The van der Waals surface area contributed by atoms with Crippen LogP contribution in [0.3, 0.4) is 0 Å². The van der Waals surface area contributed by atoms with E-state index in [2.05, 4.69) is 5.32 Å². The largest absolute Gasteiger partial charge is 0.495 e. The van der Waals surface area contributed by atoms with Crippen molar-refractivity contribution >= 4 is 21.6 Å². The van der Waals surface area contributed by atoms with Crippen LogP contribution in [0.15, 0.2) is 35.2 Å². The SMILES string of the molecule is COc1ccc(CC(=O)Nc2c(C)cc(C)cc2C)cc1S(=O)(=O)N1CCOCC1. The molecule has 0 spiro atoms. The third-order valence-corrected chi connectivity index (χ3v) is 7.04. The van der Waals surface area contributed by atoms with Crippen LogP contribution in [0.1, 0.15) is 22.3 Å². The minimum absolute atomic E-state index is 0.0579. The number of ether oxygens (including phenoxy) is 2. The summed E-state index contributed by atoms with van der Waals surface area (Å²) in [5.41, 5.74) is 4.51. The highest BCUT2D eigenvalue weighted by molar-refractivity contribution is 7.89. The van der Waals surface area contributed by atoms with E-state index >= 15 is 0 Å². The third-order valence-electron chi connectivity index (χ3n) is 5.12. The molecule has 0 aliphatic carbocycles. The van der Waals surface area contributed by atoms with Gasteiger partial charge >= 0.3 is 0 Å². The highest BCUT2D eigenvalue weighted by Crippen LogP contribution is 2.29. The Hall–Kier alpha value is -2.42. The van der Waals surface area contributed by atoms with Gasteiger partial charge in [0, 0.05) is 18.8 Å². The van der Waals surface area contributed by atoms with Crippen LogP contribution < -0.4 is 10.1 Å². The molecule has 0 radical (unpaired) electrons. The van der Waals surface area contributed by atoms with Crippen LogP contribution in [0.25, 0.3) is 0 Å². The van der Waals surface area contributed by atoms with Crippen molar-refractivity contribution in [2.75, 3.05) is 38.7 Å². The first-order valence-corrected chi connectivity index (χ1v) is 11.3. The lowest BCUT2D eigenvalue weighted by atomic mass is 10.0. The number of nitrogens with zero attached hydrogens (tertiary/aromatic N) is 1. The summed E-state index contributed by atoms with van der Waals surface area (Å²) in [5.74, 6) is 0.0563. The Kier molecular flexibility index (Phi) is 6.80. The van der Waals surface area contributed by atoms with Crippen LogP contribution >= 0.6 is 0 Å². The molecule has 1 amide bonds. The molecule has 8 heteroatoms. The number of morpholine rings is 1. The van der Waals surface area contributed by atoms with E-state index in [4.69, 9.17) is 9.47 Å². The summed E-state index contributed by atoms with van der Waals surface area (Å²) >= 11 is 0. The van der Waals surface area contributed by atoms with Gasteiger partial charge in [-0.3, -0.25) is 4.79 Å². The van der Waals surface area contributed by atoms with Gasteiger partial charge in [0.05, 0.1) is 26.7 Å². The van der Waals surface area contributed by atoms with Crippen LogP contribution in [-0.4, -0.2) is 52.0 Å². The molecule has 0 saturated carbocycles. The van der Waals surface area contributed by atoms with E-state index in [0.29, 0.717) is 31.9 Å². The summed E-state index contributed by atoms with van der Waals surface area (Å²) in [6.45, 7) is 7.23. The number of hydrogen-bond donors (Lipinski definition) is 1. The van der Waals surface area contributed by atoms with Gasteiger partial charge in [-0.15, -0.1) is 0 Å². The lowest BCUT2D eigenvalue weighted by Crippen LogP contribution is -2.40. The van der Waals surface area contributed by atoms with Gasteiger partial charge in [0.25, 0.3) is 0 Å². The highest BCUT2D eigenvalue weighted by Gasteiger charge is 2.29. The van der Waals surface area contributed by atoms with Crippen LogP contribution in [0.2, 0.25) is 0 Å². The minimum Gasteiger partial charge on any atom is -0.495 e. The molecule has 7 nitrogen and oxygen atoms in total. The molecule has 1 fully saturated rings. The Morgan fingerprint density at radius 1 is 1.10 bits per heavy atom. The molecule has 3 rings (SSSR count). The maximum atomic E-state index is 13.1. The molecule has 2 aromatic carbocycles. The van der Waals surface area contributed by atoms with Crippen molar-refractivity contribution in [2.45, 2.75) is 32.1 Å². The molecule has 2 aromatic rings. The van der Waals surface area contributed by atoms with Crippen LogP contribution in [0.5, 0.6) is 5.75 Å². The molecule has 1 aliphatic heterocycles. The summed E-state index contributed by atoms with van der Waals surface area (Å²) in [5, 5.41) is 2.96. The Morgan fingerprint density at radius 2 is 1.73 bits per heavy atom. The van der Waals surface area contributed by atoms with Gasteiger partial charge in [-0.25, -0.2) is 8.42 Å². The predicted molar refractivity (Wildman–Crippen MR) is 116 cm³/mol. The first-order chi connectivity index (χ1) is 14.2. The van der Waals surface area contributed by atoms with Crippen molar-refractivity contribution in [1.29, 1.82) is 0 Å². The smallest absolute Gasteiger partial charge is 0.246 e. The Balaban J connectivity index is 1.84. The topological polar surface area (TPSA) is 84.9 Å². The second-order valence-electron chi connectivity index (χ2n) is 7.50. The fourth-order valence-electron chi connectivity index (χ4n) is 3.70. The van der Waals surface area contributed by atoms with Crippen molar-refractivity contribution in [3.8, 4) is 5.75 Å². The monoisotopic (exact) mass is 432 g/mol. The average Bonchev–Trinajstić information content (AvgIpc) is 2.71. The normalized spacial score (nSPS) is 15.1. The van der Waals surface area contributed by atoms with E-state index in [1.54, 1.807) is 12.1 Å². The zero-order valence-electron chi connectivity index (χ0n) is 17.8. The van der Waals surface area contributed by atoms with E-state index in [1.807, 2.05) is 32.9 Å². The maximum Gasteiger partial charge on any atom is 0.246 e. The second kappa shape index (κ2) is 9.16. The fourth-order valence-corrected chi connectivity index (χ4v) is 5.32. The lowest BCUT2D eigenvalue weighted by molar-refractivity contribution is -0.115. The standard InChI is InChI=1S/C22H28N2O5S/c1-15-11-16(2)22(17(3)12-15)23-21(25)14-18-5-6-19(28-4)20(13-18)30(26,27)24-7-9-29-10-8-24/h5-6,11-13H,7-10,14H2,1-4H3,(H,23,25). The van der Waals surface area contributed by atoms with Gasteiger partial charge in [0.15, 0.2) is 0 Å². The van der Waals surface area contributed by atoms with E-state index < -0.39 is 10.0 Å². The number of aryl methyl sites for hydroxylation is 3. The molecule has 0 bridgehead atoms. The minimum atomic E-state index is -3.74. The van der Waals surface area contributed by atoms with E-state index in [1.165, 1.54) is 17.5 Å². The van der Waals surface area contributed by atoms with Crippen molar-refractivity contribution in [1.82, 2.24) is 4.31 Å². The summed E-state index contributed by atoms with van der Waals surface area (Å²) in [6.07, 6.45) is 0.0579. The molecule has 1 aliphatic rings. The first kappa shape index (κ1) is 22.3. The number of carbonyl (C=O) groups excluding carboxylic acids is 1. The van der Waals surface area contributed by atoms with Gasteiger partial charge in [0.1, 0.15) is 10.6 Å². The second-order valence-corrected chi connectivity index (χ2v) is 9.41. The molecule has 1 saturated heterocycles. The maximum absolute atomic E-state index is 13.1. The summed E-state index contributed by atoms with van der Waals surface area (Å²) in [7, 11) is -2.31. The van der Waals surface area contributed by atoms with E-state index in [0.717, 1.165) is 22.4 Å². The van der Waals surface area contributed by atoms with E-state index in [-0.39, 0.29) is 23.0 Å². The first-order valence-electron chi connectivity index (χ1n) is 9.85. The zero-order valence-corrected chi connectivity index (χ0v) is 18.6. The number of hydrogen-bond acceptors (Lipinski definition) is 5. The summed E-state index contributed by atoms with van der Waals surface area (Å²) < 4.78 is 38.1. The zero-order chi connectivity index (χ0) is 21.9.